The second-order valence-corrected chi connectivity index (χ2v) is 5.35. The van der Waals surface area contributed by atoms with Crippen molar-refractivity contribution in [1.82, 2.24) is 0 Å². The Morgan fingerprint density at radius 2 is 2.27 bits per heavy atom. The van der Waals surface area contributed by atoms with E-state index >= 15 is 0 Å². The van der Waals surface area contributed by atoms with Gasteiger partial charge in [0.2, 0.25) is 5.91 Å². The Labute approximate surface area is 112 Å². The van der Waals surface area contributed by atoms with Crippen LogP contribution in [-0.2, 0) is 4.79 Å². The van der Waals surface area contributed by atoms with E-state index in [1.165, 1.54) is 0 Å². The van der Waals surface area contributed by atoms with E-state index in [4.69, 9.17) is 0 Å². The third-order valence-corrected chi connectivity index (χ3v) is 3.39. The number of anilines is 1. The van der Waals surface area contributed by atoms with E-state index in [-0.39, 0.29) is 5.91 Å². The predicted molar refractivity (Wildman–Crippen MR) is 75.0 cm³/mol. The van der Waals surface area contributed by atoms with E-state index in [9.17, 15) is 4.79 Å². The number of amides is 1. The summed E-state index contributed by atoms with van der Waals surface area (Å²) in [6.07, 6.45) is 2.58. The lowest BCUT2D eigenvalue weighted by Crippen LogP contribution is -2.11. The molecule has 1 rings (SSSR count). The summed E-state index contributed by atoms with van der Waals surface area (Å²) in [4.78, 5) is 11.5. The Hall–Kier alpha value is -0.100. The Morgan fingerprint density at radius 1 is 1.53 bits per heavy atom. The molecule has 82 valence electrons. The van der Waals surface area contributed by atoms with Crippen LogP contribution < -0.4 is 5.32 Å². The van der Waals surface area contributed by atoms with Crippen LogP contribution in [0.5, 0.6) is 0 Å². The summed E-state index contributed by atoms with van der Waals surface area (Å²) in [5, 5.41) is 2.91. The van der Waals surface area contributed by atoms with Gasteiger partial charge in [0.15, 0.2) is 0 Å². The summed E-state index contributed by atoms with van der Waals surface area (Å²) >= 11 is 5.60. The molecule has 1 aromatic rings. The monoisotopic (exact) mass is 381 g/mol. The highest BCUT2D eigenvalue weighted by atomic mass is 127. The molecule has 0 atom stereocenters. The molecule has 2 nitrogen and oxygen atoms in total. The van der Waals surface area contributed by atoms with Crippen molar-refractivity contribution in [3.63, 3.8) is 0 Å². The first-order valence-corrected chi connectivity index (χ1v) is 6.75. The minimum atomic E-state index is 0.0906. The highest BCUT2D eigenvalue weighted by Crippen LogP contribution is 2.23. The molecule has 0 aromatic heterocycles. The van der Waals surface area contributed by atoms with E-state index in [1.807, 2.05) is 18.2 Å². The topological polar surface area (TPSA) is 29.1 Å². The van der Waals surface area contributed by atoms with Gasteiger partial charge in [-0.2, -0.15) is 0 Å². The standard InChI is InChI=1S/C11H13BrINO/c1-2-3-4-11(15)14-10-7-8(12)5-6-9(10)13/h5-7H,2-4H2,1H3,(H,14,15). The third kappa shape index (κ3) is 4.51. The molecule has 15 heavy (non-hydrogen) atoms. The summed E-state index contributed by atoms with van der Waals surface area (Å²) < 4.78 is 2.04. The first-order valence-electron chi connectivity index (χ1n) is 4.88. The molecular weight excluding hydrogens is 369 g/mol. The van der Waals surface area contributed by atoms with Crippen LogP contribution in [-0.4, -0.2) is 5.91 Å². The zero-order chi connectivity index (χ0) is 11.3. The normalized spacial score (nSPS) is 10.1. The lowest BCUT2D eigenvalue weighted by atomic mass is 10.2. The van der Waals surface area contributed by atoms with E-state index < -0.39 is 0 Å². The van der Waals surface area contributed by atoms with Gasteiger partial charge in [0.05, 0.1) is 5.69 Å². The van der Waals surface area contributed by atoms with Gasteiger partial charge in [-0.3, -0.25) is 4.79 Å². The molecule has 0 fully saturated rings. The molecule has 0 heterocycles. The fourth-order valence-corrected chi connectivity index (χ4v) is 1.97. The zero-order valence-electron chi connectivity index (χ0n) is 8.52. The smallest absolute Gasteiger partial charge is 0.224 e. The van der Waals surface area contributed by atoms with Crippen molar-refractivity contribution in [2.75, 3.05) is 5.32 Å². The summed E-state index contributed by atoms with van der Waals surface area (Å²) in [6.45, 7) is 2.08. The van der Waals surface area contributed by atoms with Crippen LogP contribution in [0.15, 0.2) is 22.7 Å². The summed E-state index contributed by atoms with van der Waals surface area (Å²) in [5.74, 6) is 0.0906. The first kappa shape index (κ1) is 13.0. The van der Waals surface area contributed by atoms with Crippen molar-refractivity contribution in [2.24, 2.45) is 0 Å². The molecule has 0 spiro atoms. The molecular formula is C11H13BrINO. The lowest BCUT2D eigenvalue weighted by Gasteiger charge is -2.07. The van der Waals surface area contributed by atoms with Crippen LogP contribution in [0.1, 0.15) is 26.2 Å². The summed E-state index contributed by atoms with van der Waals surface area (Å²) in [7, 11) is 0. The van der Waals surface area contributed by atoms with Gasteiger partial charge >= 0.3 is 0 Å². The molecule has 1 amide bonds. The molecule has 1 N–H and O–H groups in total. The maximum atomic E-state index is 11.5. The van der Waals surface area contributed by atoms with Gasteiger partial charge in [-0.05, 0) is 47.2 Å². The molecule has 0 saturated carbocycles. The van der Waals surface area contributed by atoms with Crippen LogP contribution in [0.4, 0.5) is 5.69 Å². The van der Waals surface area contributed by atoms with Gasteiger partial charge in [-0.25, -0.2) is 0 Å². The molecule has 0 unspecified atom stereocenters. The van der Waals surface area contributed by atoms with Gasteiger partial charge in [0.25, 0.3) is 0 Å². The number of hydrogen-bond donors (Lipinski definition) is 1. The van der Waals surface area contributed by atoms with Crippen molar-refractivity contribution in [3.05, 3.63) is 26.2 Å². The number of carbonyl (C=O) groups excluding carboxylic acids is 1. The lowest BCUT2D eigenvalue weighted by molar-refractivity contribution is -0.116. The molecule has 0 aliphatic carbocycles. The van der Waals surface area contributed by atoms with Gasteiger partial charge in [0.1, 0.15) is 0 Å². The molecule has 4 heteroatoms. The average Bonchev–Trinajstić information content (AvgIpc) is 2.20. The number of nitrogens with one attached hydrogen (secondary N) is 1. The van der Waals surface area contributed by atoms with Gasteiger partial charge in [-0.15, -0.1) is 0 Å². The summed E-state index contributed by atoms with van der Waals surface area (Å²) in [6, 6.07) is 5.86. The molecule has 1 aromatic carbocycles. The van der Waals surface area contributed by atoms with Gasteiger partial charge in [0, 0.05) is 14.5 Å². The third-order valence-electron chi connectivity index (χ3n) is 1.96. The Kier molecular flexibility index (Phi) is 5.60. The Balaban J connectivity index is 2.63. The molecule has 0 radical (unpaired) electrons. The quantitative estimate of drug-likeness (QED) is 0.778. The first-order chi connectivity index (χ1) is 7.13. The van der Waals surface area contributed by atoms with E-state index in [0.717, 1.165) is 26.6 Å². The van der Waals surface area contributed by atoms with Gasteiger partial charge in [-0.1, -0.05) is 29.3 Å². The predicted octanol–water partition coefficient (Wildman–Crippen LogP) is 4.18. The minimum absolute atomic E-state index is 0.0906. The molecule has 0 saturated heterocycles. The molecule has 0 bridgehead atoms. The maximum Gasteiger partial charge on any atom is 0.224 e. The zero-order valence-corrected chi connectivity index (χ0v) is 12.3. The van der Waals surface area contributed by atoms with Crippen molar-refractivity contribution in [3.8, 4) is 0 Å². The summed E-state index contributed by atoms with van der Waals surface area (Å²) in [5.41, 5.74) is 0.881. The Morgan fingerprint density at radius 3 is 2.93 bits per heavy atom. The average molecular weight is 382 g/mol. The molecule has 0 aliphatic heterocycles. The van der Waals surface area contributed by atoms with Crippen molar-refractivity contribution < 1.29 is 4.79 Å². The largest absolute Gasteiger partial charge is 0.325 e. The van der Waals surface area contributed by atoms with Crippen molar-refractivity contribution in [1.29, 1.82) is 0 Å². The van der Waals surface area contributed by atoms with E-state index in [2.05, 4.69) is 50.8 Å². The SMILES string of the molecule is CCCCC(=O)Nc1cc(Br)ccc1I. The minimum Gasteiger partial charge on any atom is -0.325 e. The second-order valence-electron chi connectivity index (χ2n) is 3.28. The Bertz CT molecular complexity index is 354. The second kappa shape index (κ2) is 6.48. The number of carbonyl (C=O) groups is 1. The van der Waals surface area contributed by atoms with Crippen LogP contribution in [0, 0.1) is 3.57 Å². The van der Waals surface area contributed by atoms with Crippen molar-refractivity contribution >= 4 is 50.1 Å². The highest BCUT2D eigenvalue weighted by molar-refractivity contribution is 14.1. The van der Waals surface area contributed by atoms with Crippen molar-refractivity contribution in [2.45, 2.75) is 26.2 Å². The fourth-order valence-electron chi connectivity index (χ4n) is 1.14. The van der Waals surface area contributed by atoms with Crippen LogP contribution >= 0.6 is 38.5 Å². The van der Waals surface area contributed by atoms with Gasteiger partial charge < -0.3 is 5.32 Å². The van der Waals surface area contributed by atoms with E-state index in [0.29, 0.717) is 6.42 Å². The number of unbranched alkanes of at least 4 members (excludes halogenated alkanes) is 1. The van der Waals surface area contributed by atoms with E-state index in [1.54, 1.807) is 0 Å². The number of benzene rings is 1. The van der Waals surface area contributed by atoms with Crippen LogP contribution in [0.2, 0.25) is 0 Å². The molecule has 0 aliphatic rings. The van der Waals surface area contributed by atoms with Crippen LogP contribution in [0.25, 0.3) is 0 Å². The van der Waals surface area contributed by atoms with Crippen LogP contribution in [0.3, 0.4) is 0 Å². The number of halogens is 2. The maximum absolute atomic E-state index is 11.5. The number of hydrogen-bond acceptors (Lipinski definition) is 1. The fraction of sp³-hybridized carbons (Fsp3) is 0.364. The number of rotatable bonds is 4. The highest BCUT2D eigenvalue weighted by Gasteiger charge is 2.05.